The first-order chi connectivity index (χ1) is 8.72. The quantitative estimate of drug-likeness (QED) is 0.528. The van der Waals surface area contributed by atoms with Crippen molar-refractivity contribution in [3.05, 3.63) is 23.9 Å². The summed E-state index contributed by atoms with van der Waals surface area (Å²) < 4.78 is 0. The maximum atomic E-state index is 12.1. The van der Waals surface area contributed by atoms with Crippen LogP contribution in [0, 0.1) is 5.92 Å². The first kappa shape index (κ1) is 12.8. The van der Waals surface area contributed by atoms with Gasteiger partial charge in [-0.3, -0.25) is 4.79 Å². The number of anilines is 1. The van der Waals surface area contributed by atoms with Crippen molar-refractivity contribution in [3.63, 3.8) is 0 Å². The van der Waals surface area contributed by atoms with Crippen molar-refractivity contribution in [2.45, 2.75) is 38.6 Å². The van der Waals surface area contributed by atoms with Gasteiger partial charge in [-0.1, -0.05) is 19.8 Å². The fourth-order valence-electron chi connectivity index (χ4n) is 2.00. The summed E-state index contributed by atoms with van der Waals surface area (Å²) in [5.74, 6) is 6.53. The number of carbonyl (C=O) groups excluding carboxylic acids is 1. The first-order valence-electron chi connectivity index (χ1n) is 6.46. The smallest absolute Gasteiger partial charge is 0.251 e. The van der Waals surface area contributed by atoms with Crippen LogP contribution in [0.5, 0.6) is 0 Å². The van der Waals surface area contributed by atoms with E-state index in [1.54, 1.807) is 18.3 Å². The standard InChI is InChI=1S/C13H20N4O/c1-2-11(7-9-3-4-9)16-13(18)10-5-6-15-12(8-10)17-14/h5-6,8-9,11H,2-4,7,14H2,1H3,(H,15,17)(H,16,18). The van der Waals surface area contributed by atoms with Crippen molar-refractivity contribution in [2.24, 2.45) is 11.8 Å². The van der Waals surface area contributed by atoms with Crippen LogP contribution in [0.15, 0.2) is 18.3 Å². The maximum Gasteiger partial charge on any atom is 0.251 e. The predicted molar refractivity (Wildman–Crippen MR) is 70.9 cm³/mol. The van der Waals surface area contributed by atoms with Crippen molar-refractivity contribution < 1.29 is 4.79 Å². The highest BCUT2D eigenvalue weighted by Crippen LogP contribution is 2.34. The molecule has 1 atom stereocenters. The number of rotatable bonds is 6. The van der Waals surface area contributed by atoms with Crippen LogP contribution in [0.2, 0.25) is 0 Å². The lowest BCUT2D eigenvalue weighted by molar-refractivity contribution is 0.0932. The molecule has 1 amide bonds. The predicted octanol–water partition coefficient (Wildman–Crippen LogP) is 1.68. The topological polar surface area (TPSA) is 80.0 Å². The second-order valence-electron chi connectivity index (χ2n) is 4.83. The Labute approximate surface area is 107 Å². The number of amides is 1. The van der Waals surface area contributed by atoms with Crippen LogP contribution in [-0.2, 0) is 0 Å². The molecule has 1 aliphatic rings. The van der Waals surface area contributed by atoms with Crippen LogP contribution < -0.4 is 16.6 Å². The van der Waals surface area contributed by atoms with Crippen LogP contribution in [0.4, 0.5) is 5.82 Å². The number of nitrogens with zero attached hydrogens (tertiary/aromatic N) is 1. The van der Waals surface area contributed by atoms with Gasteiger partial charge in [0.25, 0.3) is 5.91 Å². The fourth-order valence-corrected chi connectivity index (χ4v) is 2.00. The van der Waals surface area contributed by atoms with E-state index in [2.05, 4.69) is 22.7 Å². The molecule has 5 nitrogen and oxygen atoms in total. The van der Waals surface area contributed by atoms with Gasteiger partial charge < -0.3 is 10.7 Å². The SMILES string of the molecule is CCC(CC1CC1)NC(=O)c1ccnc(NN)c1. The molecular formula is C13H20N4O. The molecule has 0 radical (unpaired) electrons. The van der Waals surface area contributed by atoms with Crippen LogP contribution >= 0.6 is 0 Å². The monoisotopic (exact) mass is 248 g/mol. The highest BCUT2D eigenvalue weighted by molar-refractivity contribution is 5.94. The molecule has 5 heteroatoms. The molecular weight excluding hydrogens is 228 g/mol. The third-order valence-electron chi connectivity index (χ3n) is 3.31. The van der Waals surface area contributed by atoms with Gasteiger partial charge in [0.15, 0.2) is 0 Å². The van der Waals surface area contributed by atoms with Crippen LogP contribution in [0.3, 0.4) is 0 Å². The van der Waals surface area contributed by atoms with E-state index in [0.717, 1.165) is 18.8 Å². The van der Waals surface area contributed by atoms with Crippen LogP contribution in [0.1, 0.15) is 43.0 Å². The third-order valence-corrected chi connectivity index (χ3v) is 3.31. The molecule has 1 aromatic heterocycles. The van der Waals surface area contributed by atoms with E-state index in [1.807, 2.05) is 0 Å². The minimum Gasteiger partial charge on any atom is -0.349 e. The third kappa shape index (κ3) is 3.43. The van der Waals surface area contributed by atoms with Gasteiger partial charge in [-0.2, -0.15) is 0 Å². The summed E-state index contributed by atoms with van der Waals surface area (Å²) in [6.07, 6.45) is 6.25. The number of pyridine rings is 1. The Morgan fingerprint density at radius 2 is 2.39 bits per heavy atom. The van der Waals surface area contributed by atoms with Gasteiger partial charge in [0, 0.05) is 17.8 Å². The van der Waals surface area contributed by atoms with Crippen molar-refractivity contribution >= 4 is 11.7 Å². The summed E-state index contributed by atoms with van der Waals surface area (Å²) in [6.45, 7) is 2.10. The molecule has 0 spiro atoms. The molecule has 0 aliphatic heterocycles. The normalized spacial score (nSPS) is 16.1. The number of nitrogen functional groups attached to an aromatic ring is 1. The Morgan fingerprint density at radius 3 is 3.00 bits per heavy atom. The molecule has 1 aromatic rings. The van der Waals surface area contributed by atoms with Crippen molar-refractivity contribution in [1.82, 2.24) is 10.3 Å². The number of carbonyl (C=O) groups is 1. The van der Waals surface area contributed by atoms with Crippen molar-refractivity contribution in [2.75, 3.05) is 5.43 Å². The molecule has 1 heterocycles. The average Bonchev–Trinajstić information content (AvgIpc) is 3.21. The minimum atomic E-state index is -0.0543. The molecule has 4 N–H and O–H groups in total. The summed E-state index contributed by atoms with van der Waals surface area (Å²) in [5, 5.41) is 3.07. The summed E-state index contributed by atoms with van der Waals surface area (Å²) >= 11 is 0. The van der Waals surface area contributed by atoms with E-state index in [1.165, 1.54) is 12.8 Å². The number of hydrogen-bond donors (Lipinski definition) is 3. The molecule has 98 valence electrons. The number of aromatic nitrogens is 1. The summed E-state index contributed by atoms with van der Waals surface area (Å²) in [4.78, 5) is 16.1. The lowest BCUT2D eigenvalue weighted by atomic mass is 10.1. The average molecular weight is 248 g/mol. The fraction of sp³-hybridized carbons (Fsp3) is 0.538. The second-order valence-corrected chi connectivity index (χ2v) is 4.83. The largest absolute Gasteiger partial charge is 0.349 e. The van der Waals surface area contributed by atoms with Crippen LogP contribution in [0.25, 0.3) is 0 Å². The molecule has 0 bridgehead atoms. The summed E-state index contributed by atoms with van der Waals surface area (Å²) in [5.41, 5.74) is 3.03. The number of nitrogens with two attached hydrogens (primary N) is 1. The van der Waals surface area contributed by atoms with Gasteiger partial charge in [0.1, 0.15) is 5.82 Å². The molecule has 1 aliphatic carbocycles. The van der Waals surface area contributed by atoms with E-state index in [4.69, 9.17) is 5.84 Å². The molecule has 18 heavy (non-hydrogen) atoms. The number of nitrogens with one attached hydrogen (secondary N) is 2. The molecule has 2 rings (SSSR count). The molecule has 1 saturated carbocycles. The molecule has 1 fully saturated rings. The lowest BCUT2D eigenvalue weighted by Crippen LogP contribution is -2.34. The van der Waals surface area contributed by atoms with Crippen LogP contribution in [-0.4, -0.2) is 16.9 Å². The van der Waals surface area contributed by atoms with Gasteiger partial charge in [0.05, 0.1) is 0 Å². The number of hydrogen-bond acceptors (Lipinski definition) is 4. The van der Waals surface area contributed by atoms with Gasteiger partial charge in [-0.25, -0.2) is 10.8 Å². The highest BCUT2D eigenvalue weighted by Gasteiger charge is 2.25. The molecule has 1 unspecified atom stereocenters. The first-order valence-corrected chi connectivity index (χ1v) is 6.46. The Balaban J connectivity index is 1.96. The molecule has 0 saturated heterocycles. The maximum absolute atomic E-state index is 12.1. The van der Waals surface area contributed by atoms with E-state index < -0.39 is 0 Å². The zero-order valence-corrected chi connectivity index (χ0v) is 10.6. The van der Waals surface area contributed by atoms with E-state index >= 15 is 0 Å². The van der Waals surface area contributed by atoms with E-state index in [-0.39, 0.29) is 11.9 Å². The van der Waals surface area contributed by atoms with Gasteiger partial charge in [-0.05, 0) is 30.9 Å². The van der Waals surface area contributed by atoms with Crippen molar-refractivity contribution in [1.29, 1.82) is 0 Å². The Hall–Kier alpha value is -1.62. The lowest BCUT2D eigenvalue weighted by Gasteiger charge is -2.16. The minimum absolute atomic E-state index is 0.0543. The number of hydrazine groups is 1. The van der Waals surface area contributed by atoms with Gasteiger partial charge in [-0.15, -0.1) is 0 Å². The van der Waals surface area contributed by atoms with Gasteiger partial charge >= 0.3 is 0 Å². The Morgan fingerprint density at radius 1 is 1.61 bits per heavy atom. The highest BCUT2D eigenvalue weighted by atomic mass is 16.1. The van der Waals surface area contributed by atoms with E-state index in [0.29, 0.717) is 11.4 Å². The van der Waals surface area contributed by atoms with Gasteiger partial charge in [0.2, 0.25) is 0 Å². The zero-order valence-electron chi connectivity index (χ0n) is 10.6. The summed E-state index contributed by atoms with van der Waals surface area (Å²) in [7, 11) is 0. The second kappa shape index (κ2) is 5.82. The van der Waals surface area contributed by atoms with E-state index in [9.17, 15) is 4.79 Å². The Kier molecular flexibility index (Phi) is 4.15. The summed E-state index contributed by atoms with van der Waals surface area (Å²) in [6, 6.07) is 3.62. The zero-order chi connectivity index (χ0) is 13.0. The Bertz CT molecular complexity index is 417. The molecule has 0 aromatic carbocycles. The van der Waals surface area contributed by atoms with Crippen molar-refractivity contribution in [3.8, 4) is 0 Å².